The summed E-state index contributed by atoms with van der Waals surface area (Å²) in [6.07, 6.45) is 1.36. The highest BCUT2D eigenvalue weighted by Gasteiger charge is 2.22. The van der Waals surface area contributed by atoms with Gasteiger partial charge < -0.3 is 9.47 Å². The second-order valence-corrected chi connectivity index (χ2v) is 9.09. The highest BCUT2D eigenvalue weighted by Crippen LogP contribution is 2.33. The van der Waals surface area contributed by atoms with Crippen molar-refractivity contribution in [1.29, 1.82) is 0 Å². The van der Waals surface area contributed by atoms with Crippen LogP contribution in [0.4, 0.5) is 8.78 Å². The number of nitrogens with one attached hydrogen (secondary N) is 1. The zero-order valence-corrected chi connectivity index (χ0v) is 19.5. The Hall–Kier alpha value is -1.65. The number of methoxy groups -OCH3 is 2. The maximum absolute atomic E-state index is 13.9. The van der Waals surface area contributed by atoms with Gasteiger partial charge in [-0.2, -0.15) is 0 Å². The van der Waals surface area contributed by atoms with E-state index in [4.69, 9.17) is 21.1 Å². The molecule has 0 amide bonds. The third-order valence-electron chi connectivity index (χ3n) is 5.00. The second kappa shape index (κ2) is 10.8. The number of fused-ring (bicyclic) bond motifs is 1. The van der Waals surface area contributed by atoms with Crippen LogP contribution in [0, 0.1) is 11.6 Å². The summed E-state index contributed by atoms with van der Waals surface area (Å²) in [5, 5.41) is -0.467. The van der Waals surface area contributed by atoms with Gasteiger partial charge >= 0.3 is 0 Å². The molecule has 0 radical (unpaired) electrons. The van der Waals surface area contributed by atoms with Crippen LogP contribution in [0.25, 0.3) is 0 Å². The van der Waals surface area contributed by atoms with E-state index in [0.717, 1.165) is 18.5 Å². The van der Waals surface area contributed by atoms with Crippen molar-refractivity contribution in [3.63, 3.8) is 0 Å². The van der Waals surface area contributed by atoms with Gasteiger partial charge in [-0.05, 0) is 54.8 Å². The average molecular weight is 497 g/mol. The van der Waals surface area contributed by atoms with E-state index in [1.165, 1.54) is 5.56 Å². The number of sulfonamides is 1. The third kappa shape index (κ3) is 5.98. The summed E-state index contributed by atoms with van der Waals surface area (Å²) >= 11 is 5.47. The molecule has 0 saturated heterocycles. The lowest BCUT2D eigenvalue weighted by atomic mass is 9.98. The first-order chi connectivity index (χ1) is 14.2. The van der Waals surface area contributed by atoms with Crippen LogP contribution >= 0.6 is 24.0 Å². The van der Waals surface area contributed by atoms with E-state index in [0.29, 0.717) is 43.1 Å². The molecule has 0 saturated carbocycles. The topological polar surface area (TPSA) is 67.9 Å². The van der Waals surface area contributed by atoms with Gasteiger partial charge in [-0.15, -0.1) is 12.4 Å². The lowest BCUT2D eigenvalue weighted by Crippen LogP contribution is -2.34. The summed E-state index contributed by atoms with van der Waals surface area (Å²) in [6.45, 7) is 2.28. The fourth-order valence-corrected chi connectivity index (χ4v) is 4.72. The normalized spacial score (nSPS) is 14.0. The Kier molecular flexibility index (Phi) is 8.91. The standard InChI is InChI=1S/C20H23ClF2N2O4S.ClH/c1-28-18-8-13-4-7-25(12-14(13)9-19(18)29-2)6-3-5-24-30(26,27)20-11-16(22)15(21)10-17(20)23;/h8-11,24H,3-7,12H2,1-2H3;1H. The van der Waals surface area contributed by atoms with Crippen LogP contribution in [0.15, 0.2) is 29.2 Å². The Balaban J connectivity index is 0.00000341. The molecule has 6 nitrogen and oxygen atoms in total. The molecule has 31 heavy (non-hydrogen) atoms. The molecule has 1 aliphatic rings. The summed E-state index contributed by atoms with van der Waals surface area (Å²) in [7, 11) is -0.980. The van der Waals surface area contributed by atoms with Crippen LogP contribution < -0.4 is 14.2 Å². The smallest absolute Gasteiger partial charge is 0.243 e. The Labute approximate surface area is 191 Å². The van der Waals surface area contributed by atoms with Crippen molar-refractivity contribution in [2.24, 2.45) is 0 Å². The number of ether oxygens (including phenoxy) is 2. The number of halogens is 4. The number of hydrogen-bond acceptors (Lipinski definition) is 5. The van der Waals surface area contributed by atoms with Gasteiger partial charge in [0.15, 0.2) is 11.5 Å². The van der Waals surface area contributed by atoms with Crippen LogP contribution in [0.1, 0.15) is 17.5 Å². The number of benzene rings is 2. The second-order valence-electron chi connectivity index (χ2n) is 6.95. The molecule has 1 aliphatic heterocycles. The number of rotatable bonds is 8. The molecular formula is C20H24Cl2F2N2O4S. The lowest BCUT2D eigenvalue weighted by Gasteiger charge is -2.29. The summed E-state index contributed by atoms with van der Waals surface area (Å²) < 4.78 is 64.9. The predicted octanol–water partition coefficient (Wildman–Crippen LogP) is 3.78. The fourth-order valence-electron chi connectivity index (χ4n) is 3.43. The van der Waals surface area contributed by atoms with E-state index >= 15 is 0 Å². The average Bonchev–Trinajstić information content (AvgIpc) is 2.72. The van der Waals surface area contributed by atoms with Gasteiger partial charge in [0.25, 0.3) is 0 Å². The maximum atomic E-state index is 13.9. The van der Waals surface area contributed by atoms with Gasteiger partial charge in [-0.3, -0.25) is 4.90 Å². The van der Waals surface area contributed by atoms with Crippen LogP contribution in [-0.2, 0) is 23.0 Å². The van der Waals surface area contributed by atoms with Crippen molar-refractivity contribution >= 4 is 34.0 Å². The molecule has 11 heteroatoms. The summed E-state index contributed by atoms with van der Waals surface area (Å²) in [5.41, 5.74) is 2.34. The first kappa shape index (κ1) is 25.6. The molecule has 0 bridgehead atoms. The van der Waals surface area contributed by atoms with Gasteiger partial charge in [0.05, 0.1) is 19.2 Å². The highest BCUT2D eigenvalue weighted by molar-refractivity contribution is 7.89. The third-order valence-corrected chi connectivity index (χ3v) is 6.77. The monoisotopic (exact) mass is 496 g/mol. The molecule has 0 aliphatic carbocycles. The van der Waals surface area contributed by atoms with E-state index in [2.05, 4.69) is 9.62 Å². The highest BCUT2D eigenvalue weighted by atomic mass is 35.5. The van der Waals surface area contributed by atoms with Gasteiger partial charge in [0.1, 0.15) is 16.5 Å². The van der Waals surface area contributed by atoms with Crippen molar-refractivity contribution in [3.8, 4) is 11.5 Å². The fraction of sp³-hybridized carbons (Fsp3) is 0.400. The maximum Gasteiger partial charge on any atom is 0.243 e. The molecule has 172 valence electrons. The number of nitrogens with zero attached hydrogens (tertiary/aromatic N) is 1. The van der Waals surface area contributed by atoms with E-state index < -0.39 is 31.6 Å². The van der Waals surface area contributed by atoms with Crippen LogP contribution in [-0.4, -0.2) is 47.2 Å². The zero-order chi connectivity index (χ0) is 21.9. The van der Waals surface area contributed by atoms with Crippen LogP contribution in [0.3, 0.4) is 0 Å². The minimum absolute atomic E-state index is 0. The van der Waals surface area contributed by atoms with Crippen molar-refractivity contribution in [2.45, 2.75) is 24.3 Å². The Bertz CT molecular complexity index is 1040. The predicted molar refractivity (Wildman–Crippen MR) is 117 cm³/mol. The molecule has 0 fully saturated rings. The van der Waals surface area contributed by atoms with Gasteiger partial charge in [0.2, 0.25) is 10.0 Å². The largest absolute Gasteiger partial charge is 0.493 e. The lowest BCUT2D eigenvalue weighted by molar-refractivity contribution is 0.250. The van der Waals surface area contributed by atoms with Crippen molar-refractivity contribution in [1.82, 2.24) is 9.62 Å². The van der Waals surface area contributed by atoms with Crippen molar-refractivity contribution < 1.29 is 26.7 Å². The van der Waals surface area contributed by atoms with E-state index in [-0.39, 0.29) is 19.0 Å². The minimum Gasteiger partial charge on any atom is -0.493 e. The first-order valence-electron chi connectivity index (χ1n) is 9.35. The molecule has 3 rings (SSSR count). The van der Waals surface area contributed by atoms with E-state index in [9.17, 15) is 17.2 Å². The van der Waals surface area contributed by atoms with Gasteiger partial charge in [-0.25, -0.2) is 21.9 Å². The molecule has 0 atom stereocenters. The summed E-state index contributed by atoms with van der Waals surface area (Å²) in [5.74, 6) is -0.712. The summed E-state index contributed by atoms with van der Waals surface area (Å²) in [6, 6.07) is 5.18. The van der Waals surface area contributed by atoms with Gasteiger partial charge in [-0.1, -0.05) is 11.6 Å². The molecule has 2 aromatic carbocycles. The van der Waals surface area contributed by atoms with Crippen molar-refractivity contribution in [2.75, 3.05) is 33.9 Å². The zero-order valence-electron chi connectivity index (χ0n) is 17.1. The molecule has 2 aromatic rings. The molecule has 0 spiro atoms. The molecule has 1 heterocycles. The minimum atomic E-state index is -4.17. The first-order valence-corrected chi connectivity index (χ1v) is 11.2. The molecule has 0 unspecified atom stereocenters. The van der Waals surface area contributed by atoms with Crippen LogP contribution in [0.5, 0.6) is 11.5 Å². The van der Waals surface area contributed by atoms with Crippen molar-refractivity contribution in [3.05, 3.63) is 52.0 Å². The van der Waals surface area contributed by atoms with E-state index in [1.807, 2.05) is 12.1 Å². The molecule has 1 N–H and O–H groups in total. The molecule has 0 aromatic heterocycles. The number of hydrogen-bond donors (Lipinski definition) is 1. The summed E-state index contributed by atoms with van der Waals surface area (Å²) in [4.78, 5) is 1.45. The molecular weight excluding hydrogens is 473 g/mol. The van der Waals surface area contributed by atoms with Crippen LogP contribution in [0.2, 0.25) is 5.02 Å². The Morgan fingerprint density at radius 2 is 1.71 bits per heavy atom. The van der Waals surface area contributed by atoms with Gasteiger partial charge in [0, 0.05) is 19.6 Å². The Morgan fingerprint density at radius 1 is 1.06 bits per heavy atom. The quantitative estimate of drug-likeness (QED) is 0.444. The van der Waals surface area contributed by atoms with E-state index in [1.54, 1.807) is 14.2 Å². The SMILES string of the molecule is COc1cc2c(cc1OC)CN(CCCNS(=O)(=O)c1cc(F)c(Cl)cc1F)CC2.Cl. The Morgan fingerprint density at radius 3 is 2.35 bits per heavy atom.